The number of imidazole rings is 2. The van der Waals surface area contributed by atoms with E-state index in [0.29, 0.717) is 90.0 Å². The van der Waals surface area contributed by atoms with E-state index >= 15 is 0 Å². The first-order valence-corrected chi connectivity index (χ1v) is 17.4. The number of aryl methyl sites for hydroxylation is 4. The van der Waals surface area contributed by atoms with Gasteiger partial charge in [0.25, 0.3) is 0 Å². The number of ether oxygens (including phenoxy) is 4. The van der Waals surface area contributed by atoms with E-state index in [1.807, 2.05) is 34.9 Å². The highest BCUT2D eigenvalue weighted by atomic mass is 79.9. The monoisotopic (exact) mass is 773 g/mol. The summed E-state index contributed by atoms with van der Waals surface area (Å²) in [4.78, 5) is 36.9. The third-order valence-corrected chi connectivity index (χ3v) is 11.1. The lowest BCUT2D eigenvalue weighted by Crippen LogP contribution is -2.44. The fourth-order valence-corrected chi connectivity index (χ4v) is 8.38. The first-order chi connectivity index (χ1) is 25.2. The van der Waals surface area contributed by atoms with E-state index in [-0.39, 0.29) is 37.8 Å². The van der Waals surface area contributed by atoms with Gasteiger partial charge in [0, 0.05) is 19.2 Å². The van der Waals surface area contributed by atoms with Gasteiger partial charge in [-0.2, -0.15) is 4.68 Å². The van der Waals surface area contributed by atoms with E-state index < -0.39 is 12.1 Å². The lowest BCUT2D eigenvalue weighted by atomic mass is 10.0. The van der Waals surface area contributed by atoms with E-state index in [0.717, 1.165) is 5.56 Å². The van der Waals surface area contributed by atoms with Gasteiger partial charge in [0.1, 0.15) is 40.7 Å². The first-order valence-electron chi connectivity index (χ1n) is 16.6. The Kier molecular flexibility index (Phi) is 7.39. The highest BCUT2D eigenvalue weighted by Crippen LogP contribution is 2.48. The lowest BCUT2D eigenvalue weighted by molar-refractivity contribution is -0.774. The number of benzene rings is 2. The van der Waals surface area contributed by atoms with Crippen LogP contribution in [0.4, 0.5) is 0 Å². The number of methoxy groups -OCH3 is 2. The molecule has 0 saturated carbocycles. The number of hydrogen-bond acceptors (Lipinski definition) is 10. The van der Waals surface area contributed by atoms with Gasteiger partial charge in [0.05, 0.1) is 127 Å². The minimum atomic E-state index is -0.616. The van der Waals surface area contributed by atoms with Crippen molar-refractivity contribution >= 4 is 59.8 Å². The van der Waals surface area contributed by atoms with Crippen molar-refractivity contribution in [2.75, 3.05) is 40.6 Å². The van der Waals surface area contributed by atoms with Crippen molar-refractivity contribution in [3.8, 4) is 34.1 Å². The van der Waals surface area contributed by atoms with Crippen LogP contribution in [0.15, 0.2) is 51.0 Å². The Balaban J connectivity index is 1.17. The molecule has 2 unspecified atom stereocenters. The molecule has 0 aliphatic carbocycles. The predicted octanol–water partition coefficient (Wildman–Crippen LogP) is 2.18. The SMILES string of the molecule is COc1cc2ncc3c4c2c(c1Br)OCC(CO)n4c(=O)n3CC[n+]1cc(-c2c(OC)cc3ncc4c5c3c2OCC(CO)n5c(=O)n4C)cn1C. The maximum absolute atomic E-state index is 14.2. The molecule has 0 bridgehead atoms. The van der Waals surface area contributed by atoms with Crippen molar-refractivity contribution in [1.29, 1.82) is 0 Å². The van der Waals surface area contributed by atoms with Crippen LogP contribution in [0.25, 0.3) is 55.0 Å². The molecule has 52 heavy (non-hydrogen) atoms. The summed E-state index contributed by atoms with van der Waals surface area (Å²) < 4.78 is 34.9. The molecule has 2 aromatic carbocycles. The number of aliphatic hydroxyl groups excluding tert-OH is 2. The summed E-state index contributed by atoms with van der Waals surface area (Å²) in [6.07, 6.45) is 7.23. The van der Waals surface area contributed by atoms with Crippen LogP contribution in [0.3, 0.4) is 0 Å². The molecule has 0 amide bonds. The first kappa shape index (κ1) is 32.5. The molecule has 268 valence electrons. The smallest absolute Gasteiger partial charge is 0.329 e. The maximum Gasteiger partial charge on any atom is 0.329 e. The molecule has 17 heteroatoms. The molecular weight excluding hydrogens is 740 g/mol. The quantitative estimate of drug-likeness (QED) is 0.219. The molecule has 16 nitrogen and oxygen atoms in total. The zero-order valence-electron chi connectivity index (χ0n) is 28.7. The molecule has 7 heterocycles. The standard InChI is InChI=1S/C35H34BrN8O8/c1-39-11-17(26-24(49-3)7-20-27-30-22(9-37-20)40(2)34(47)43(30)18(13-45)15-51-32(26)27)12-41(39)5-6-42-23-10-38-21-8-25(50-4)29(36)33-28(21)31(23)44(35(42)48)19(14-46)16-52-33/h7-12,18-19,45-46H,5-6,13-16H2,1-4H3/q+1. The van der Waals surface area contributed by atoms with E-state index in [1.165, 1.54) is 4.57 Å². The topological polar surface area (TPSA) is 166 Å². The number of nitrogens with zero attached hydrogens (tertiary/aromatic N) is 8. The Hall–Kier alpha value is -5.39. The van der Waals surface area contributed by atoms with E-state index in [1.54, 1.807) is 53.4 Å². The number of hydrogen-bond donors (Lipinski definition) is 2. The highest BCUT2D eigenvalue weighted by Gasteiger charge is 2.33. The van der Waals surface area contributed by atoms with Crippen LogP contribution in [-0.4, -0.2) is 83.8 Å². The molecule has 2 aliphatic rings. The molecule has 0 radical (unpaired) electrons. The van der Waals surface area contributed by atoms with Crippen molar-refractivity contribution in [2.45, 2.75) is 25.2 Å². The van der Waals surface area contributed by atoms with Crippen molar-refractivity contribution < 1.29 is 33.8 Å². The average Bonchev–Trinajstić information content (AvgIpc) is 3.62. The summed E-state index contributed by atoms with van der Waals surface area (Å²) in [6, 6.07) is 2.40. The fourth-order valence-electron chi connectivity index (χ4n) is 7.79. The number of halogens is 1. The van der Waals surface area contributed by atoms with Crippen LogP contribution in [0, 0.1) is 0 Å². The molecule has 0 saturated heterocycles. The van der Waals surface area contributed by atoms with Crippen LogP contribution in [0.1, 0.15) is 12.1 Å². The third kappa shape index (κ3) is 4.35. The minimum absolute atomic E-state index is 0.0624. The zero-order chi connectivity index (χ0) is 36.2. The molecule has 0 spiro atoms. The summed E-state index contributed by atoms with van der Waals surface area (Å²) in [6.45, 7) is 0.260. The Bertz CT molecular complexity index is 2760. The molecular formula is C35H34BrN8O8+. The lowest BCUT2D eigenvalue weighted by Gasteiger charge is -2.16. The highest BCUT2D eigenvalue weighted by molar-refractivity contribution is 9.10. The number of pyridine rings is 2. The molecule has 2 aliphatic heterocycles. The second-order valence-corrected chi connectivity index (χ2v) is 13.8. The molecule has 7 aromatic rings. The molecule has 2 atom stereocenters. The Morgan fingerprint density at radius 2 is 1.48 bits per heavy atom. The Morgan fingerprint density at radius 3 is 2.15 bits per heavy atom. The molecule has 9 rings (SSSR count). The summed E-state index contributed by atoms with van der Waals surface area (Å²) in [5.74, 6) is 2.09. The molecule has 2 N–H and O–H groups in total. The predicted molar refractivity (Wildman–Crippen MR) is 193 cm³/mol. The van der Waals surface area contributed by atoms with Gasteiger partial charge in [-0.25, -0.2) is 9.59 Å². The van der Waals surface area contributed by atoms with Crippen LogP contribution < -0.4 is 35.0 Å². The van der Waals surface area contributed by atoms with Gasteiger partial charge in [-0.05, 0) is 15.9 Å². The van der Waals surface area contributed by atoms with Crippen molar-refractivity contribution in [2.24, 2.45) is 14.1 Å². The van der Waals surface area contributed by atoms with Gasteiger partial charge in [-0.3, -0.25) is 28.2 Å². The van der Waals surface area contributed by atoms with Crippen molar-refractivity contribution in [3.05, 3.63) is 62.4 Å². The van der Waals surface area contributed by atoms with Gasteiger partial charge < -0.3 is 29.2 Å². The average molecular weight is 775 g/mol. The zero-order valence-corrected chi connectivity index (χ0v) is 30.2. The second-order valence-electron chi connectivity index (χ2n) is 13.0. The Labute approximate surface area is 302 Å². The van der Waals surface area contributed by atoms with Gasteiger partial charge in [0.2, 0.25) is 6.20 Å². The van der Waals surface area contributed by atoms with Crippen LogP contribution in [0.5, 0.6) is 23.0 Å². The second kappa shape index (κ2) is 11.8. The van der Waals surface area contributed by atoms with Crippen LogP contribution >= 0.6 is 15.9 Å². The Morgan fingerprint density at radius 1 is 0.885 bits per heavy atom. The van der Waals surface area contributed by atoms with Crippen molar-refractivity contribution in [3.63, 3.8) is 0 Å². The van der Waals surface area contributed by atoms with Crippen LogP contribution in [0.2, 0.25) is 0 Å². The molecule has 5 aromatic heterocycles. The third-order valence-electron chi connectivity index (χ3n) is 10.4. The summed E-state index contributed by atoms with van der Waals surface area (Å²) in [5, 5.41) is 22.0. The van der Waals surface area contributed by atoms with E-state index in [2.05, 4.69) is 20.9 Å². The number of aromatic nitrogens is 8. The van der Waals surface area contributed by atoms with Gasteiger partial charge in [0.15, 0.2) is 6.54 Å². The normalized spacial score (nSPS) is 16.6. The number of rotatable bonds is 8. The minimum Gasteiger partial charge on any atom is -0.496 e. The van der Waals surface area contributed by atoms with E-state index in [4.69, 9.17) is 23.9 Å². The van der Waals surface area contributed by atoms with Crippen molar-refractivity contribution in [1.82, 2.24) is 32.9 Å². The van der Waals surface area contributed by atoms with Gasteiger partial charge in [-0.1, -0.05) is 0 Å². The maximum atomic E-state index is 14.2. The van der Waals surface area contributed by atoms with Crippen LogP contribution in [-0.2, 0) is 27.2 Å². The largest absolute Gasteiger partial charge is 0.496 e. The van der Waals surface area contributed by atoms with Gasteiger partial charge in [-0.15, -0.1) is 4.68 Å². The summed E-state index contributed by atoms with van der Waals surface area (Å²) >= 11 is 3.60. The summed E-state index contributed by atoms with van der Waals surface area (Å²) in [7, 11) is 6.74. The molecule has 0 fully saturated rings. The fraction of sp³-hybridized carbons (Fsp3) is 0.343. The number of aliphatic hydroxyl groups is 2. The van der Waals surface area contributed by atoms with E-state index in [9.17, 15) is 19.8 Å². The van der Waals surface area contributed by atoms with Gasteiger partial charge >= 0.3 is 11.4 Å². The summed E-state index contributed by atoms with van der Waals surface area (Å²) in [5.41, 5.74) is 4.62.